The summed E-state index contributed by atoms with van der Waals surface area (Å²) in [5, 5.41) is 17.7. The average Bonchev–Trinajstić information content (AvgIpc) is 3.00. The molecule has 0 unspecified atom stereocenters. The smallest absolute Gasteiger partial charge is 0.326 e. The molecule has 124 valence electrons. The van der Waals surface area contributed by atoms with Gasteiger partial charge in [-0.05, 0) is 19.3 Å². The fourth-order valence-corrected chi connectivity index (χ4v) is 4.42. The minimum atomic E-state index is -0.992. The SMILES string of the molecule is CC[C@H](NC(=O)CCCC[C@H]1SC[C@H]2NC(=O)N[C@@H]21)C(=O)O. The van der Waals surface area contributed by atoms with Crippen LogP contribution in [0.25, 0.3) is 0 Å². The fraction of sp³-hybridized carbons (Fsp3) is 0.786. The number of fused-ring (bicyclic) bond motifs is 1. The zero-order valence-corrected chi connectivity index (χ0v) is 13.4. The molecule has 2 aliphatic heterocycles. The van der Waals surface area contributed by atoms with Crippen LogP contribution >= 0.6 is 11.8 Å². The average molecular weight is 329 g/mol. The number of urea groups is 1. The van der Waals surface area contributed by atoms with Crippen LogP contribution in [0.5, 0.6) is 0 Å². The minimum Gasteiger partial charge on any atom is -0.480 e. The molecule has 0 saturated carbocycles. The van der Waals surface area contributed by atoms with Gasteiger partial charge in [0.1, 0.15) is 6.04 Å². The van der Waals surface area contributed by atoms with Crippen LogP contribution in [0.15, 0.2) is 0 Å². The Kier molecular flexibility index (Phi) is 5.93. The van der Waals surface area contributed by atoms with Crippen molar-refractivity contribution in [2.45, 2.75) is 62.4 Å². The summed E-state index contributed by atoms with van der Waals surface area (Å²) in [7, 11) is 0. The molecule has 7 nitrogen and oxygen atoms in total. The predicted octanol–water partition coefficient (Wildman–Crippen LogP) is 0.692. The van der Waals surface area contributed by atoms with E-state index in [1.165, 1.54) is 0 Å². The van der Waals surface area contributed by atoms with E-state index >= 15 is 0 Å². The Morgan fingerprint density at radius 1 is 1.41 bits per heavy atom. The van der Waals surface area contributed by atoms with E-state index in [1.54, 1.807) is 6.92 Å². The highest BCUT2D eigenvalue weighted by Crippen LogP contribution is 2.33. The van der Waals surface area contributed by atoms with E-state index in [0.29, 0.717) is 18.1 Å². The molecular weight excluding hydrogens is 306 g/mol. The van der Waals surface area contributed by atoms with Crippen molar-refractivity contribution >= 4 is 29.7 Å². The minimum absolute atomic E-state index is 0.0843. The van der Waals surface area contributed by atoms with Gasteiger partial charge in [0.05, 0.1) is 12.1 Å². The standard InChI is InChI=1S/C14H23N3O4S/c1-2-8(13(19)20)15-11(18)6-4-3-5-10-12-9(7-22-10)16-14(21)17-12/h8-10,12H,2-7H2,1H3,(H,15,18)(H,19,20)(H2,16,17,21)/t8-,9+,10+,12-/m0/s1. The third-order valence-electron chi connectivity index (χ3n) is 4.12. The van der Waals surface area contributed by atoms with Crippen molar-refractivity contribution in [1.29, 1.82) is 0 Å². The summed E-state index contributed by atoms with van der Waals surface area (Å²) < 4.78 is 0. The molecule has 2 saturated heterocycles. The Morgan fingerprint density at radius 3 is 2.86 bits per heavy atom. The maximum absolute atomic E-state index is 11.7. The Bertz CT molecular complexity index is 446. The third kappa shape index (κ3) is 4.28. The summed E-state index contributed by atoms with van der Waals surface area (Å²) in [5.41, 5.74) is 0. The lowest BCUT2D eigenvalue weighted by molar-refractivity contribution is -0.141. The van der Waals surface area contributed by atoms with Crippen molar-refractivity contribution in [3.63, 3.8) is 0 Å². The molecule has 4 N–H and O–H groups in total. The summed E-state index contributed by atoms with van der Waals surface area (Å²) >= 11 is 1.86. The Balaban J connectivity index is 1.62. The number of thioether (sulfide) groups is 1. The second-order valence-electron chi connectivity index (χ2n) is 5.73. The van der Waals surface area contributed by atoms with Gasteiger partial charge < -0.3 is 21.1 Å². The number of amides is 3. The number of nitrogens with one attached hydrogen (secondary N) is 3. The van der Waals surface area contributed by atoms with Gasteiger partial charge in [0.2, 0.25) is 5.91 Å². The zero-order valence-electron chi connectivity index (χ0n) is 12.6. The third-order valence-corrected chi connectivity index (χ3v) is 5.63. The molecule has 8 heteroatoms. The lowest BCUT2D eigenvalue weighted by Gasteiger charge is -2.16. The number of hydrogen-bond donors (Lipinski definition) is 4. The first-order valence-electron chi connectivity index (χ1n) is 7.72. The van der Waals surface area contributed by atoms with E-state index < -0.39 is 12.0 Å². The Labute approximate surface area is 134 Å². The molecule has 0 radical (unpaired) electrons. The molecule has 0 bridgehead atoms. The van der Waals surface area contributed by atoms with Crippen LogP contribution in [0.3, 0.4) is 0 Å². The molecule has 2 rings (SSSR count). The molecule has 2 heterocycles. The normalized spacial score (nSPS) is 27.7. The van der Waals surface area contributed by atoms with Gasteiger partial charge in [-0.2, -0.15) is 11.8 Å². The van der Waals surface area contributed by atoms with E-state index in [9.17, 15) is 14.4 Å². The van der Waals surface area contributed by atoms with Crippen LogP contribution in [0, 0.1) is 0 Å². The summed E-state index contributed by atoms with van der Waals surface area (Å²) in [6, 6.07) is -0.452. The van der Waals surface area contributed by atoms with E-state index in [1.807, 2.05) is 11.8 Å². The summed E-state index contributed by atoms with van der Waals surface area (Å²) in [6.07, 6.45) is 3.32. The van der Waals surface area contributed by atoms with E-state index in [-0.39, 0.29) is 24.0 Å². The van der Waals surface area contributed by atoms with Gasteiger partial charge in [-0.1, -0.05) is 13.3 Å². The summed E-state index contributed by atoms with van der Waals surface area (Å²) in [6.45, 7) is 1.73. The highest BCUT2D eigenvalue weighted by molar-refractivity contribution is 8.00. The number of unbranched alkanes of at least 4 members (excludes halogenated alkanes) is 1. The second-order valence-corrected chi connectivity index (χ2v) is 7.01. The van der Waals surface area contributed by atoms with E-state index in [0.717, 1.165) is 25.0 Å². The van der Waals surface area contributed by atoms with Gasteiger partial charge in [0.15, 0.2) is 0 Å². The first-order chi connectivity index (χ1) is 10.5. The Morgan fingerprint density at radius 2 is 2.18 bits per heavy atom. The number of rotatable bonds is 8. The molecule has 0 aromatic rings. The first kappa shape index (κ1) is 16.9. The zero-order chi connectivity index (χ0) is 16.1. The molecule has 2 fully saturated rings. The maximum Gasteiger partial charge on any atom is 0.326 e. The Hall–Kier alpha value is -1.44. The quantitative estimate of drug-likeness (QED) is 0.387. The van der Waals surface area contributed by atoms with Gasteiger partial charge in [-0.25, -0.2) is 9.59 Å². The monoisotopic (exact) mass is 329 g/mol. The molecular formula is C14H23N3O4S. The number of aliphatic carboxylic acids is 1. The topological polar surface area (TPSA) is 108 Å². The van der Waals surface area contributed by atoms with Crippen LogP contribution in [-0.4, -0.2) is 52.1 Å². The lowest BCUT2D eigenvalue weighted by atomic mass is 10.0. The largest absolute Gasteiger partial charge is 0.480 e. The van der Waals surface area contributed by atoms with Crippen molar-refractivity contribution in [2.24, 2.45) is 0 Å². The number of carbonyl (C=O) groups excluding carboxylic acids is 2. The van der Waals surface area contributed by atoms with E-state index in [4.69, 9.17) is 5.11 Å². The first-order valence-corrected chi connectivity index (χ1v) is 8.77. The highest BCUT2D eigenvalue weighted by Gasteiger charge is 2.42. The molecule has 3 amide bonds. The van der Waals surface area contributed by atoms with Crippen LogP contribution < -0.4 is 16.0 Å². The molecule has 0 spiro atoms. The van der Waals surface area contributed by atoms with Crippen molar-refractivity contribution < 1.29 is 19.5 Å². The van der Waals surface area contributed by atoms with Crippen LogP contribution in [-0.2, 0) is 9.59 Å². The second kappa shape index (κ2) is 7.71. The van der Waals surface area contributed by atoms with Crippen LogP contribution in [0.1, 0.15) is 39.0 Å². The number of carboxylic acid groups (broad SMARTS) is 1. The van der Waals surface area contributed by atoms with Crippen LogP contribution in [0.2, 0.25) is 0 Å². The van der Waals surface area contributed by atoms with Gasteiger partial charge in [-0.15, -0.1) is 0 Å². The van der Waals surface area contributed by atoms with Crippen molar-refractivity contribution in [3.8, 4) is 0 Å². The number of hydrogen-bond acceptors (Lipinski definition) is 4. The molecule has 0 aromatic heterocycles. The molecule has 0 aromatic carbocycles. The van der Waals surface area contributed by atoms with Crippen LogP contribution in [0.4, 0.5) is 4.79 Å². The van der Waals surface area contributed by atoms with Gasteiger partial charge in [0.25, 0.3) is 0 Å². The van der Waals surface area contributed by atoms with Crippen molar-refractivity contribution in [3.05, 3.63) is 0 Å². The summed E-state index contributed by atoms with van der Waals surface area (Å²) in [4.78, 5) is 33.8. The van der Waals surface area contributed by atoms with Gasteiger partial charge >= 0.3 is 12.0 Å². The van der Waals surface area contributed by atoms with Crippen molar-refractivity contribution in [1.82, 2.24) is 16.0 Å². The van der Waals surface area contributed by atoms with E-state index in [2.05, 4.69) is 16.0 Å². The molecule has 4 atom stereocenters. The highest BCUT2D eigenvalue weighted by atomic mass is 32.2. The molecule has 22 heavy (non-hydrogen) atoms. The van der Waals surface area contributed by atoms with Crippen molar-refractivity contribution in [2.75, 3.05) is 5.75 Å². The van der Waals surface area contributed by atoms with Gasteiger partial charge in [-0.3, -0.25) is 4.79 Å². The fourth-order valence-electron chi connectivity index (χ4n) is 2.88. The molecule has 0 aliphatic carbocycles. The lowest BCUT2D eigenvalue weighted by Crippen LogP contribution is -2.40. The molecule has 2 aliphatic rings. The number of carbonyl (C=O) groups is 3. The van der Waals surface area contributed by atoms with Gasteiger partial charge in [0, 0.05) is 17.4 Å². The maximum atomic E-state index is 11.7. The number of carboxylic acids is 1. The predicted molar refractivity (Wildman–Crippen MR) is 83.8 cm³/mol. The summed E-state index contributed by atoms with van der Waals surface area (Å²) in [5.74, 6) is -0.263.